The standard InChI is InChI=1S/C22H23N5O/c1-26-8-10-27(11-9-26)25-22-23-14-18-13-16(3-6-20(18)24-22)15-2-5-19-17(12-15)4-7-21(19)28/h2-3,5-6,12-14H,4,7-11H2,1H3,(H,23,24,25). The van der Waals surface area contributed by atoms with Gasteiger partial charge in [0, 0.05) is 49.7 Å². The number of aryl methyl sites for hydroxylation is 1. The monoisotopic (exact) mass is 373 g/mol. The van der Waals surface area contributed by atoms with Gasteiger partial charge in [0.2, 0.25) is 5.95 Å². The molecule has 1 aliphatic carbocycles. The number of benzene rings is 2. The van der Waals surface area contributed by atoms with Crippen LogP contribution in [0.5, 0.6) is 0 Å². The van der Waals surface area contributed by atoms with Gasteiger partial charge in [0.15, 0.2) is 5.78 Å². The molecular weight excluding hydrogens is 350 g/mol. The van der Waals surface area contributed by atoms with Crippen molar-refractivity contribution in [2.45, 2.75) is 12.8 Å². The number of aromatic nitrogens is 2. The van der Waals surface area contributed by atoms with E-state index in [1.54, 1.807) is 0 Å². The maximum absolute atomic E-state index is 11.9. The minimum atomic E-state index is 0.258. The molecule has 1 aliphatic heterocycles. The number of anilines is 1. The molecule has 0 atom stereocenters. The summed E-state index contributed by atoms with van der Waals surface area (Å²) in [5.41, 5.74) is 8.54. The van der Waals surface area contributed by atoms with Crippen LogP contribution >= 0.6 is 0 Å². The number of Topliss-reactive ketones (excluding diaryl/α,β-unsaturated/α-hetero) is 1. The summed E-state index contributed by atoms with van der Waals surface area (Å²) < 4.78 is 0. The van der Waals surface area contributed by atoms with E-state index in [1.807, 2.05) is 24.4 Å². The van der Waals surface area contributed by atoms with Crippen LogP contribution in [0.25, 0.3) is 22.0 Å². The fourth-order valence-electron chi connectivity index (χ4n) is 3.96. The summed E-state index contributed by atoms with van der Waals surface area (Å²) in [7, 11) is 2.14. The number of piperazine rings is 1. The van der Waals surface area contributed by atoms with Gasteiger partial charge in [0.05, 0.1) is 5.52 Å². The molecule has 6 heteroatoms. The molecule has 0 spiro atoms. The van der Waals surface area contributed by atoms with E-state index in [1.165, 1.54) is 0 Å². The molecule has 0 saturated carbocycles. The molecule has 3 aromatic rings. The van der Waals surface area contributed by atoms with Gasteiger partial charge in [-0.1, -0.05) is 24.3 Å². The van der Waals surface area contributed by atoms with E-state index in [0.29, 0.717) is 12.4 Å². The summed E-state index contributed by atoms with van der Waals surface area (Å²) in [5, 5.41) is 3.18. The lowest BCUT2D eigenvalue weighted by molar-refractivity contribution is 0.0994. The number of rotatable bonds is 3. The van der Waals surface area contributed by atoms with E-state index in [2.05, 4.69) is 50.5 Å². The fourth-order valence-corrected chi connectivity index (χ4v) is 3.96. The quantitative estimate of drug-likeness (QED) is 0.762. The predicted molar refractivity (Wildman–Crippen MR) is 110 cm³/mol. The van der Waals surface area contributed by atoms with Crippen molar-refractivity contribution >= 4 is 22.6 Å². The summed E-state index contributed by atoms with van der Waals surface area (Å²) in [6.45, 7) is 3.99. The molecule has 2 aromatic carbocycles. The molecule has 1 fully saturated rings. The highest BCUT2D eigenvalue weighted by Crippen LogP contribution is 2.29. The molecule has 142 valence electrons. The Morgan fingerprint density at radius 3 is 2.61 bits per heavy atom. The number of nitrogens with zero attached hydrogens (tertiary/aromatic N) is 4. The van der Waals surface area contributed by atoms with Gasteiger partial charge in [-0.3, -0.25) is 10.2 Å². The van der Waals surface area contributed by atoms with Crippen molar-refractivity contribution in [3.63, 3.8) is 0 Å². The van der Waals surface area contributed by atoms with Crippen LogP contribution in [0.3, 0.4) is 0 Å². The van der Waals surface area contributed by atoms with Gasteiger partial charge in [-0.15, -0.1) is 0 Å². The van der Waals surface area contributed by atoms with Crippen LogP contribution in [0.4, 0.5) is 5.95 Å². The van der Waals surface area contributed by atoms with Gasteiger partial charge >= 0.3 is 0 Å². The lowest BCUT2D eigenvalue weighted by atomic mass is 9.99. The number of hydrogen-bond acceptors (Lipinski definition) is 6. The molecule has 0 unspecified atom stereocenters. The van der Waals surface area contributed by atoms with E-state index in [9.17, 15) is 4.79 Å². The highest BCUT2D eigenvalue weighted by molar-refractivity contribution is 6.01. The SMILES string of the molecule is CN1CCN(Nc2ncc3cc(-c4ccc5c(c4)CCC5=O)ccc3n2)CC1. The average molecular weight is 373 g/mol. The Kier molecular flexibility index (Phi) is 4.30. The third-order valence-corrected chi connectivity index (χ3v) is 5.70. The number of ketones is 1. The molecule has 5 rings (SSSR count). The molecule has 2 aliphatic rings. The second-order valence-electron chi connectivity index (χ2n) is 7.66. The zero-order valence-electron chi connectivity index (χ0n) is 16.0. The summed E-state index contributed by atoms with van der Waals surface area (Å²) in [6, 6.07) is 12.4. The topological polar surface area (TPSA) is 61.4 Å². The lowest BCUT2D eigenvalue weighted by Crippen LogP contribution is -2.47. The Hall–Kier alpha value is -2.83. The number of likely N-dealkylation sites (N-methyl/N-ethyl adjacent to an activating group) is 1. The van der Waals surface area contributed by atoms with Crippen LogP contribution in [0.2, 0.25) is 0 Å². The maximum atomic E-state index is 11.9. The lowest BCUT2D eigenvalue weighted by Gasteiger charge is -2.32. The van der Waals surface area contributed by atoms with E-state index in [4.69, 9.17) is 0 Å². The smallest absolute Gasteiger partial charge is 0.238 e. The van der Waals surface area contributed by atoms with E-state index in [-0.39, 0.29) is 5.78 Å². The zero-order valence-corrected chi connectivity index (χ0v) is 16.0. The van der Waals surface area contributed by atoms with Crippen molar-refractivity contribution in [1.82, 2.24) is 19.9 Å². The van der Waals surface area contributed by atoms with Crippen LogP contribution in [-0.2, 0) is 6.42 Å². The predicted octanol–water partition coefficient (Wildman–Crippen LogP) is 3.00. The Morgan fingerprint density at radius 1 is 0.964 bits per heavy atom. The minimum absolute atomic E-state index is 0.258. The highest BCUT2D eigenvalue weighted by atomic mass is 16.1. The van der Waals surface area contributed by atoms with Crippen molar-refractivity contribution in [3.05, 3.63) is 53.7 Å². The molecule has 0 bridgehead atoms. The Labute approximate surface area is 164 Å². The molecular formula is C22H23N5O. The van der Waals surface area contributed by atoms with Crippen molar-refractivity contribution < 1.29 is 4.79 Å². The van der Waals surface area contributed by atoms with Crippen LogP contribution < -0.4 is 5.43 Å². The third kappa shape index (κ3) is 3.25. The summed E-state index contributed by atoms with van der Waals surface area (Å²) in [6.07, 6.45) is 3.36. The van der Waals surface area contributed by atoms with Gasteiger partial charge in [-0.2, -0.15) is 0 Å². The number of carbonyl (C=O) groups is 1. The van der Waals surface area contributed by atoms with Crippen molar-refractivity contribution in [2.75, 3.05) is 38.7 Å². The largest absolute Gasteiger partial charge is 0.304 e. The van der Waals surface area contributed by atoms with Crippen molar-refractivity contribution in [2.24, 2.45) is 0 Å². The van der Waals surface area contributed by atoms with Gasteiger partial charge in [-0.05, 0) is 42.3 Å². The van der Waals surface area contributed by atoms with Gasteiger partial charge in [0.1, 0.15) is 0 Å². The first-order valence-electron chi connectivity index (χ1n) is 9.79. The first-order chi connectivity index (χ1) is 13.7. The average Bonchev–Trinajstić information content (AvgIpc) is 3.09. The minimum Gasteiger partial charge on any atom is -0.304 e. The molecule has 1 aromatic heterocycles. The van der Waals surface area contributed by atoms with Crippen molar-refractivity contribution in [1.29, 1.82) is 0 Å². The first-order valence-corrected chi connectivity index (χ1v) is 9.79. The zero-order chi connectivity index (χ0) is 19.1. The van der Waals surface area contributed by atoms with Crippen molar-refractivity contribution in [3.8, 4) is 11.1 Å². The number of nitrogens with one attached hydrogen (secondary N) is 1. The Morgan fingerprint density at radius 2 is 1.75 bits per heavy atom. The third-order valence-electron chi connectivity index (χ3n) is 5.70. The second kappa shape index (κ2) is 6.96. The maximum Gasteiger partial charge on any atom is 0.238 e. The summed E-state index contributed by atoms with van der Waals surface area (Å²) in [4.78, 5) is 23.3. The van der Waals surface area contributed by atoms with Gasteiger partial charge in [0.25, 0.3) is 0 Å². The van der Waals surface area contributed by atoms with Crippen LogP contribution in [0, 0.1) is 0 Å². The first kappa shape index (κ1) is 17.3. The van der Waals surface area contributed by atoms with Crippen LogP contribution in [0.15, 0.2) is 42.6 Å². The number of hydrazine groups is 1. The molecule has 6 nitrogen and oxygen atoms in total. The van der Waals surface area contributed by atoms with Crippen LogP contribution in [0.1, 0.15) is 22.3 Å². The summed E-state index contributed by atoms with van der Waals surface area (Å²) in [5.74, 6) is 0.898. The normalized spacial score (nSPS) is 17.8. The number of fused-ring (bicyclic) bond motifs is 2. The summed E-state index contributed by atoms with van der Waals surface area (Å²) >= 11 is 0. The van der Waals surface area contributed by atoms with E-state index < -0.39 is 0 Å². The van der Waals surface area contributed by atoms with Gasteiger partial charge < -0.3 is 4.90 Å². The second-order valence-corrected chi connectivity index (χ2v) is 7.66. The molecule has 0 amide bonds. The Balaban J connectivity index is 1.39. The molecule has 0 radical (unpaired) electrons. The van der Waals surface area contributed by atoms with E-state index in [0.717, 1.165) is 65.8 Å². The highest BCUT2D eigenvalue weighted by Gasteiger charge is 2.19. The fraction of sp³-hybridized carbons (Fsp3) is 0.318. The Bertz CT molecular complexity index is 1060. The van der Waals surface area contributed by atoms with Gasteiger partial charge in [-0.25, -0.2) is 15.0 Å². The molecule has 28 heavy (non-hydrogen) atoms. The molecule has 1 N–H and O–H groups in total. The molecule has 2 heterocycles. The number of hydrogen-bond donors (Lipinski definition) is 1. The number of carbonyl (C=O) groups excluding carboxylic acids is 1. The van der Waals surface area contributed by atoms with E-state index >= 15 is 0 Å². The molecule has 1 saturated heterocycles. The van der Waals surface area contributed by atoms with Crippen LogP contribution in [-0.4, -0.2) is 58.9 Å².